The second-order valence-corrected chi connectivity index (χ2v) is 5.96. The molecule has 3 rings (SSSR count). The highest BCUT2D eigenvalue weighted by atomic mass is 19.4. The summed E-state index contributed by atoms with van der Waals surface area (Å²) in [7, 11) is 0. The molecule has 1 aliphatic heterocycles. The molecular formula is C16H18F4N4. The predicted molar refractivity (Wildman–Crippen MR) is 80.9 cm³/mol. The Morgan fingerprint density at radius 1 is 1.29 bits per heavy atom. The van der Waals surface area contributed by atoms with Gasteiger partial charge in [-0.2, -0.15) is 13.2 Å². The minimum atomic E-state index is -4.19. The first-order chi connectivity index (χ1) is 11.4. The first kappa shape index (κ1) is 16.9. The van der Waals surface area contributed by atoms with Gasteiger partial charge in [-0.25, -0.2) is 9.37 Å². The number of H-pyrrole nitrogens is 1. The van der Waals surface area contributed by atoms with Crippen molar-refractivity contribution in [3.05, 3.63) is 53.9 Å². The topological polar surface area (TPSA) is 44.0 Å². The molecule has 2 aromatic rings. The highest BCUT2D eigenvalue weighted by molar-refractivity contribution is 5.25. The van der Waals surface area contributed by atoms with Gasteiger partial charge in [0, 0.05) is 31.5 Å². The zero-order valence-electron chi connectivity index (χ0n) is 12.9. The average molecular weight is 342 g/mol. The number of halogens is 4. The maximum atomic E-state index is 13.1. The Bertz CT molecular complexity index is 639. The summed E-state index contributed by atoms with van der Waals surface area (Å²) in [6, 6.07) is 5.61. The van der Waals surface area contributed by atoms with Gasteiger partial charge in [-0.1, -0.05) is 12.1 Å². The lowest BCUT2D eigenvalue weighted by Gasteiger charge is -2.23. The van der Waals surface area contributed by atoms with Gasteiger partial charge in [0.1, 0.15) is 11.6 Å². The summed E-state index contributed by atoms with van der Waals surface area (Å²) < 4.78 is 50.7. The lowest BCUT2D eigenvalue weighted by atomic mass is 10.0. The van der Waals surface area contributed by atoms with Crippen molar-refractivity contribution in [2.24, 2.45) is 0 Å². The molecule has 130 valence electrons. The zero-order valence-corrected chi connectivity index (χ0v) is 12.9. The molecule has 1 aromatic carbocycles. The van der Waals surface area contributed by atoms with E-state index in [0.717, 1.165) is 5.56 Å². The third kappa shape index (κ3) is 4.33. The minimum absolute atomic E-state index is 0.0903. The predicted octanol–water partition coefficient (Wildman–Crippen LogP) is 2.86. The van der Waals surface area contributed by atoms with Crippen molar-refractivity contribution >= 4 is 0 Å². The summed E-state index contributed by atoms with van der Waals surface area (Å²) in [6.45, 7) is -0.184. The smallest absolute Gasteiger partial charge is 0.347 e. The number of imidazole rings is 1. The van der Waals surface area contributed by atoms with Crippen LogP contribution in [-0.2, 0) is 0 Å². The molecule has 1 aromatic heterocycles. The maximum Gasteiger partial charge on any atom is 0.401 e. The highest BCUT2D eigenvalue weighted by Gasteiger charge is 2.35. The number of hydrogen-bond donors (Lipinski definition) is 2. The highest BCUT2D eigenvalue weighted by Crippen LogP contribution is 2.24. The van der Waals surface area contributed by atoms with Crippen LogP contribution in [0.25, 0.3) is 0 Å². The normalized spacial score (nSPS) is 20.4. The van der Waals surface area contributed by atoms with Gasteiger partial charge in [0.25, 0.3) is 0 Å². The summed E-state index contributed by atoms with van der Waals surface area (Å²) >= 11 is 0. The molecule has 2 heterocycles. The van der Waals surface area contributed by atoms with Gasteiger partial charge in [-0.05, 0) is 24.1 Å². The molecule has 2 atom stereocenters. The number of benzene rings is 1. The number of likely N-dealkylation sites (tertiary alicyclic amines) is 1. The van der Waals surface area contributed by atoms with Gasteiger partial charge in [0.15, 0.2) is 0 Å². The van der Waals surface area contributed by atoms with E-state index in [-0.39, 0.29) is 17.9 Å². The Kier molecular flexibility index (Phi) is 4.86. The summed E-state index contributed by atoms with van der Waals surface area (Å²) in [5.74, 6) is 0.310. The fourth-order valence-corrected chi connectivity index (χ4v) is 3.03. The number of aromatic nitrogens is 2. The lowest BCUT2D eigenvalue weighted by molar-refractivity contribution is -0.143. The molecule has 0 unspecified atom stereocenters. The summed E-state index contributed by atoms with van der Waals surface area (Å²) in [5.41, 5.74) is 0.806. The molecule has 24 heavy (non-hydrogen) atoms. The van der Waals surface area contributed by atoms with E-state index in [4.69, 9.17) is 0 Å². The van der Waals surface area contributed by atoms with Crippen LogP contribution in [0.15, 0.2) is 36.7 Å². The standard InChI is InChI=1S/C16H18F4N4/c17-12-3-1-11(2-4-12)14(15-21-6-7-22-15)23-13-5-8-24(9-13)10-16(18,19)20/h1-4,6-7,13-14,23H,5,8-10H2,(H,21,22)/t13-,14+/m0/s1. The molecule has 0 spiro atoms. The molecule has 0 saturated carbocycles. The molecule has 1 saturated heterocycles. The van der Waals surface area contributed by atoms with E-state index in [9.17, 15) is 17.6 Å². The van der Waals surface area contributed by atoms with Crippen molar-refractivity contribution in [3.63, 3.8) is 0 Å². The maximum absolute atomic E-state index is 13.1. The Balaban J connectivity index is 1.70. The molecule has 0 bridgehead atoms. The second-order valence-electron chi connectivity index (χ2n) is 5.96. The van der Waals surface area contributed by atoms with Crippen LogP contribution in [0.2, 0.25) is 0 Å². The minimum Gasteiger partial charge on any atom is -0.347 e. The number of rotatable bonds is 5. The number of nitrogens with zero attached hydrogens (tertiary/aromatic N) is 2. The molecule has 0 radical (unpaired) electrons. The third-order valence-electron chi connectivity index (χ3n) is 4.07. The quantitative estimate of drug-likeness (QED) is 0.822. The Labute approximate surface area is 136 Å². The zero-order chi connectivity index (χ0) is 17.2. The van der Waals surface area contributed by atoms with Crippen LogP contribution < -0.4 is 5.32 Å². The van der Waals surface area contributed by atoms with Crippen LogP contribution in [0, 0.1) is 5.82 Å². The lowest BCUT2D eigenvalue weighted by Crippen LogP contribution is -2.38. The average Bonchev–Trinajstić information content (AvgIpc) is 3.16. The van der Waals surface area contributed by atoms with Gasteiger partial charge >= 0.3 is 6.18 Å². The van der Waals surface area contributed by atoms with Crippen LogP contribution in [-0.4, -0.2) is 46.7 Å². The Morgan fingerprint density at radius 3 is 2.67 bits per heavy atom. The van der Waals surface area contributed by atoms with Gasteiger partial charge in [0.05, 0.1) is 12.6 Å². The van der Waals surface area contributed by atoms with Crippen LogP contribution in [0.4, 0.5) is 17.6 Å². The Hall–Kier alpha value is -1.93. The van der Waals surface area contributed by atoms with Crippen LogP contribution in [0.3, 0.4) is 0 Å². The van der Waals surface area contributed by atoms with Crippen LogP contribution >= 0.6 is 0 Å². The fraction of sp³-hybridized carbons (Fsp3) is 0.438. The SMILES string of the molecule is Fc1ccc([C@@H](N[C@H]2CCN(CC(F)(F)F)C2)c2ncc[nH]2)cc1. The van der Waals surface area contributed by atoms with Crippen molar-refractivity contribution in [2.75, 3.05) is 19.6 Å². The van der Waals surface area contributed by atoms with E-state index >= 15 is 0 Å². The monoisotopic (exact) mass is 342 g/mol. The van der Waals surface area contributed by atoms with E-state index in [1.165, 1.54) is 17.0 Å². The largest absolute Gasteiger partial charge is 0.401 e. The van der Waals surface area contributed by atoms with Gasteiger partial charge in [-0.15, -0.1) is 0 Å². The van der Waals surface area contributed by atoms with E-state index in [2.05, 4.69) is 15.3 Å². The summed E-state index contributed by atoms with van der Waals surface area (Å²) in [5, 5.41) is 3.34. The number of aromatic amines is 1. The Morgan fingerprint density at radius 2 is 2.04 bits per heavy atom. The van der Waals surface area contributed by atoms with Crippen molar-refractivity contribution < 1.29 is 17.6 Å². The summed E-state index contributed by atoms with van der Waals surface area (Å²) in [6.07, 6.45) is -0.281. The van der Waals surface area contributed by atoms with Crippen molar-refractivity contribution in [1.29, 1.82) is 0 Å². The number of nitrogens with one attached hydrogen (secondary N) is 2. The molecule has 4 nitrogen and oxygen atoms in total. The van der Waals surface area contributed by atoms with E-state index in [0.29, 0.717) is 25.3 Å². The van der Waals surface area contributed by atoms with Crippen molar-refractivity contribution in [1.82, 2.24) is 20.2 Å². The second kappa shape index (κ2) is 6.90. The molecule has 1 aliphatic rings. The van der Waals surface area contributed by atoms with Gasteiger partial charge in [0.2, 0.25) is 0 Å². The summed E-state index contributed by atoms with van der Waals surface area (Å²) in [4.78, 5) is 8.63. The molecular weight excluding hydrogens is 324 g/mol. The fourth-order valence-electron chi connectivity index (χ4n) is 3.03. The first-order valence-electron chi connectivity index (χ1n) is 7.70. The molecule has 1 fully saturated rings. The number of alkyl halides is 3. The molecule has 0 amide bonds. The van der Waals surface area contributed by atoms with Crippen molar-refractivity contribution in [2.45, 2.75) is 24.7 Å². The molecule has 2 N–H and O–H groups in total. The third-order valence-corrected chi connectivity index (χ3v) is 4.07. The number of hydrogen-bond acceptors (Lipinski definition) is 3. The molecule has 0 aliphatic carbocycles. The van der Waals surface area contributed by atoms with E-state index in [1.807, 2.05) is 0 Å². The van der Waals surface area contributed by atoms with E-state index in [1.54, 1.807) is 24.5 Å². The van der Waals surface area contributed by atoms with Crippen LogP contribution in [0.1, 0.15) is 23.9 Å². The van der Waals surface area contributed by atoms with E-state index < -0.39 is 12.7 Å². The molecule has 8 heteroatoms. The van der Waals surface area contributed by atoms with Crippen molar-refractivity contribution in [3.8, 4) is 0 Å². The first-order valence-corrected chi connectivity index (χ1v) is 7.70. The van der Waals surface area contributed by atoms with Crippen LogP contribution in [0.5, 0.6) is 0 Å². The van der Waals surface area contributed by atoms with Gasteiger partial charge < -0.3 is 4.98 Å². The van der Waals surface area contributed by atoms with Gasteiger partial charge in [-0.3, -0.25) is 10.2 Å².